The Morgan fingerprint density at radius 2 is 2.08 bits per heavy atom. The smallest absolute Gasteiger partial charge is 0.263 e. The molecule has 2 heterocycles. The fourth-order valence-corrected chi connectivity index (χ4v) is 3.68. The minimum atomic E-state index is -0.326. The first-order chi connectivity index (χ1) is 11.0. The fourth-order valence-electron chi connectivity index (χ4n) is 2.55. The van der Waals surface area contributed by atoms with Gasteiger partial charge in [-0.15, -0.1) is 23.7 Å². The third kappa shape index (κ3) is 3.49. The first-order valence-corrected chi connectivity index (χ1v) is 7.96. The molecular weight excluding hydrogens is 349 g/mol. The summed E-state index contributed by atoms with van der Waals surface area (Å²) in [6.07, 6.45) is 0. The third-order valence-corrected chi connectivity index (χ3v) is 4.67. The van der Waals surface area contributed by atoms with Crippen LogP contribution in [0.5, 0.6) is 0 Å². The Bertz CT molecular complexity index is 910. The zero-order valence-electron chi connectivity index (χ0n) is 13.2. The molecule has 3 aromatic rings. The molecule has 24 heavy (non-hydrogen) atoms. The highest BCUT2D eigenvalue weighted by Crippen LogP contribution is 2.34. The van der Waals surface area contributed by atoms with Crippen LogP contribution in [0, 0.1) is 19.7 Å². The molecule has 0 saturated heterocycles. The van der Waals surface area contributed by atoms with Crippen LogP contribution in [0.1, 0.15) is 26.5 Å². The van der Waals surface area contributed by atoms with Crippen molar-refractivity contribution in [3.05, 3.63) is 57.8 Å². The molecule has 0 aliphatic carbocycles. The summed E-state index contributed by atoms with van der Waals surface area (Å²) in [6, 6.07) is 8.07. The average molecular weight is 366 g/mol. The van der Waals surface area contributed by atoms with Crippen LogP contribution in [-0.2, 0) is 6.54 Å². The van der Waals surface area contributed by atoms with Crippen LogP contribution in [0.3, 0.4) is 0 Å². The predicted molar refractivity (Wildman–Crippen MR) is 98.3 cm³/mol. The molecule has 0 fully saturated rings. The number of nitrogens with two attached hydrogens (primary N) is 1. The van der Waals surface area contributed by atoms with E-state index < -0.39 is 0 Å². The van der Waals surface area contributed by atoms with Crippen LogP contribution in [0.15, 0.2) is 30.3 Å². The molecule has 0 radical (unpaired) electrons. The monoisotopic (exact) mass is 365 g/mol. The van der Waals surface area contributed by atoms with Crippen molar-refractivity contribution in [2.45, 2.75) is 20.4 Å². The second-order valence-electron chi connectivity index (χ2n) is 5.42. The van der Waals surface area contributed by atoms with E-state index >= 15 is 0 Å². The van der Waals surface area contributed by atoms with Crippen LogP contribution in [0.25, 0.3) is 10.2 Å². The summed E-state index contributed by atoms with van der Waals surface area (Å²) in [5.74, 6) is -0.597. The molecule has 1 aromatic carbocycles. The van der Waals surface area contributed by atoms with Crippen molar-refractivity contribution in [1.29, 1.82) is 0 Å². The van der Waals surface area contributed by atoms with Gasteiger partial charge in [0.1, 0.15) is 15.5 Å². The highest BCUT2D eigenvalue weighted by molar-refractivity contribution is 7.21. The molecule has 0 aliphatic heterocycles. The van der Waals surface area contributed by atoms with Crippen molar-refractivity contribution in [1.82, 2.24) is 10.3 Å². The molecule has 0 aliphatic rings. The number of carbonyl (C=O) groups is 1. The quantitative estimate of drug-likeness (QED) is 0.737. The molecule has 0 saturated carbocycles. The van der Waals surface area contributed by atoms with E-state index in [-0.39, 0.29) is 30.7 Å². The van der Waals surface area contributed by atoms with E-state index in [0.29, 0.717) is 16.1 Å². The van der Waals surface area contributed by atoms with Gasteiger partial charge in [0.05, 0.1) is 5.69 Å². The highest BCUT2D eigenvalue weighted by atomic mass is 35.5. The number of aromatic nitrogens is 1. The zero-order valence-corrected chi connectivity index (χ0v) is 14.9. The Morgan fingerprint density at radius 1 is 1.33 bits per heavy atom. The van der Waals surface area contributed by atoms with Gasteiger partial charge in [0, 0.05) is 17.6 Å². The summed E-state index contributed by atoms with van der Waals surface area (Å²) in [5.41, 5.74) is 9.18. The lowest BCUT2D eigenvalue weighted by atomic mass is 10.1. The molecule has 3 N–H and O–H groups in total. The Balaban J connectivity index is 0.00000208. The number of hydrogen-bond donors (Lipinski definition) is 2. The van der Waals surface area contributed by atoms with Gasteiger partial charge in [-0.3, -0.25) is 4.79 Å². The van der Waals surface area contributed by atoms with Gasteiger partial charge in [-0.25, -0.2) is 9.37 Å². The minimum Gasteiger partial charge on any atom is -0.397 e. The molecule has 4 nitrogen and oxygen atoms in total. The van der Waals surface area contributed by atoms with Crippen molar-refractivity contribution in [2.24, 2.45) is 0 Å². The number of rotatable bonds is 3. The Kier molecular flexibility index (Phi) is 5.41. The zero-order chi connectivity index (χ0) is 16.6. The lowest BCUT2D eigenvalue weighted by Crippen LogP contribution is -2.22. The van der Waals surface area contributed by atoms with Crippen molar-refractivity contribution in [3.8, 4) is 0 Å². The summed E-state index contributed by atoms with van der Waals surface area (Å²) >= 11 is 1.28. The Hall–Kier alpha value is -2.18. The van der Waals surface area contributed by atoms with Crippen molar-refractivity contribution >= 4 is 45.6 Å². The molecule has 3 rings (SSSR count). The summed E-state index contributed by atoms with van der Waals surface area (Å²) in [7, 11) is 0. The first-order valence-electron chi connectivity index (χ1n) is 7.14. The lowest BCUT2D eigenvalue weighted by molar-refractivity contribution is 0.0956. The Morgan fingerprint density at radius 3 is 2.79 bits per heavy atom. The second-order valence-corrected chi connectivity index (χ2v) is 6.42. The molecule has 1 amide bonds. The van der Waals surface area contributed by atoms with E-state index in [1.807, 2.05) is 19.9 Å². The van der Waals surface area contributed by atoms with Gasteiger partial charge in [0.2, 0.25) is 0 Å². The number of fused-ring (bicyclic) bond motifs is 1. The van der Waals surface area contributed by atoms with Gasteiger partial charge >= 0.3 is 0 Å². The second kappa shape index (κ2) is 7.15. The molecule has 7 heteroatoms. The summed E-state index contributed by atoms with van der Waals surface area (Å²) in [6.45, 7) is 4.11. The fraction of sp³-hybridized carbons (Fsp3) is 0.176. The predicted octanol–water partition coefficient (Wildman–Crippen LogP) is 3.99. The number of benzene rings is 1. The van der Waals surface area contributed by atoms with E-state index in [1.54, 1.807) is 12.1 Å². The van der Waals surface area contributed by atoms with Gasteiger partial charge in [-0.2, -0.15) is 0 Å². The summed E-state index contributed by atoms with van der Waals surface area (Å²) in [5, 5.41) is 3.61. The maximum atomic E-state index is 13.2. The summed E-state index contributed by atoms with van der Waals surface area (Å²) in [4.78, 5) is 18.0. The van der Waals surface area contributed by atoms with E-state index in [9.17, 15) is 9.18 Å². The lowest BCUT2D eigenvalue weighted by Gasteiger charge is -2.05. The number of anilines is 1. The molecule has 2 aromatic heterocycles. The molecule has 0 unspecified atom stereocenters. The number of aryl methyl sites for hydroxylation is 2. The average Bonchev–Trinajstić information content (AvgIpc) is 2.82. The molecule has 0 atom stereocenters. The standard InChI is InChI=1S/C17H16FN3OS.ClH/c1-9-6-10(2)21-17-13(9)14(19)15(23-17)16(22)20-8-11-4-3-5-12(18)7-11;/h3-7H,8,19H2,1-2H3,(H,20,22);1H. The van der Waals surface area contributed by atoms with Crippen molar-refractivity contribution in [3.63, 3.8) is 0 Å². The number of nitrogens with one attached hydrogen (secondary N) is 1. The van der Waals surface area contributed by atoms with Crippen LogP contribution >= 0.6 is 23.7 Å². The Labute approximate surface area is 149 Å². The van der Waals surface area contributed by atoms with Crippen molar-refractivity contribution in [2.75, 3.05) is 5.73 Å². The molecular formula is C17H17ClFN3OS. The van der Waals surface area contributed by atoms with Crippen LogP contribution in [0.2, 0.25) is 0 Å². The van der Waals surface area contributed by atoms with E-state index in [0.717, 1.165) is 21.5 Å². The third-order valence-electron chi connectivity index (χ3n) is 3.57. The van der Waals surface area contributed by atoms with Crippen molar-refractivity contribution < 1.29 is 9.18 Å². The normalized spacial score (nSPS) is 10.5. The molecule has 126 valence electrons. The number of hydrogen-bond acceptors (Lipinski definition) is 4. The van der Waals surface area contributed by atoms with Gasteiger partial charge in [-0.1, -0.05) is 12.1 Å². The minimum absolute atomic E-state index is 0. The van der Waals surface area contributed by atoms with E-state index in [1.165, 1.54) is 23.5 Å². The maximum Gasteiger partial charge on any atom is 0.263 e. The van der Waals surface area contributed by atoms with Gasteiger partial charge in [0.15, 0.2) is 0 Å². The van der Waals surface area contributed by atoms with Crippen LogP contribution in [0.4, 0.5) is 10.1 Å². The number of pyridine rings is 1. The van der Waals surface area contributed by atoms with E-state index in [2.05, 4.69) is 10.3 Å². The number of amides is 1. The maximum absolute atomic E-state index is 13.2. The highest BCUT2D eigenvalue weighted by Gasteiger charge is 2.18. The van der Waals surface area contributed by atoms with Crippen LogP contribution < -0.4 is 11.1 Å². The topological polar surface area (TPSA) is 68.0 Å². The number of nitrogens with zero attached hydrogens (tertiary/aromatic N) is 1. The van der Waals surface area contributed by atoms with Gasteiger partial charge < -0.3 is 11.1 Å². The number of nitrogen functional groups attached to an aromatic ring is 1. The number of thiophene rings is 1. The number of halogens is 2. The van der Waals surface area contributed by atoms with Gasteiger partial charge in [0.25, 0.3) is 5.91 Å². The number of carbonyl (C=O) groups excluding carboxylic acids is 1. The summed E-state index contributed by atoms with van der Waals surface area (Å²) < 4.78 is 13.2. The SMILES string of the molecule is Cc1cc(C)c2c(N)c(C(=O)NCc3cccc(F)c3)sc2n1.Cl. The van der Waals surface area contributed by atoms with Gasteiger partial charge in [-0.05, 0) is 43.2 Å². The first kappa shape index (κ1) is 18.2. The molecule has 0 spiro atoms. The van der Waals surface area contributed by atoms with Crippen LogP contribution in [-0.4, -0.2) is 10.9 Å². The molecule has 0 bridgehead atoms. The largest absolute Gasteiger partial charge is 0.397 e. The van der Waals surface area contributed by atoms with E-state index in [4.69, 9.17) is 5.73 Å².